The zero-order chi connectivity index (χ0) is 18.8. The van der Waals surface area contributed by atoms with Gasteiger partial charge in [0.05, 0.1) is 14.2 Å². The molecular formula is C22H17NO4. The molecule has 5 nitrogen and oxygen atoms in total. The van der Waals surface area contributed by atoms with E-state index in [9.17, 15) is 4.79 Å². The lowest BCUT2D eigenvalue weighted by Crippen LogP contribution is -2.06. The van der Waals surface area contributed by atoms with Crippen LogP contribution < -0.4 is 9.47 Å². The molecule has 4 rings (SSSR count). The number of hydrogen-bond donors (Lipinski definition) is 0. The first-order valence-electron chi connectivity index (χ1n) is 8.43. The molecule has 0 aromatic heterocycles. The Hall–Kier alpha value is -3.60. The molecule has 0 spiro atoms. The second-order valence-corrected chi connectivity index (χ2v) is 5.95. The molecule has 1 heterocycles. The Morgan fingerprint density at radius 1 is 0.926 bits per heavy atom. The van der Waals surface area contributed by atoms with E-state index in [1.807, 2.05) is 54.6 Å². The Labute approximate surface area is 156 Å². The molecular weight excluding hydrogens is 342 g/mol. The van der Waals surface area contributed by atoms with E-state index in [0.717, 1.165) is 16.3 Å². The molecule has 0 N–H and O–H groups in total. The van der Waals surface area contributed by atoms with E-state index in [4.69, 9.17) is 14.2 Å². The molecule has 0 radical (unpaired) electrons. The Morgan fingerprint density at radius 3 is 2.52 bits per heavy atom. The van der Waals surface area contributed by atoms with Gasteiger partial charge in [-0.1, -0.05) is 48.5 Å². The SMILES string of the molecule is COc1cccc(/C=C2\N=C(c3cccc4ccccc34)OC2=O)c1OC. The van der Waals surface area contributed by atoms with Crippen molar-refractivity contribution in [3.63, 3.8) is 0 Å². The van der Waals surface area contributed by atoms with Gasteiger partial charge in [0.25, 0.3) is 0 Å². The molecule has 1 aliphatic heterocycles. The van der Waals surface area contributed by atoms with Crippen LogP contribution in [0.25, 0.3) is 16.8 Å². The summed E-state index contributed by atoms with van der Waals surface area (Å²) in [7, 11) is 3.12. The number of hydrogen-bond acceptors (Lipinski definition) is 5. The summed E-state index contributed by atoms with van der Waals surface area (Å²) in [6.45, 7) is 0. The van der Waals surface area contributed by atoms with Gasteiger partial charge in [0, 0.05) is 11.1 Å². The smallest absolute Gasteiger partial charge is 0.363 e. The molecule has 0 atom stereocenters. The van der Waals surface area contributed by atoms with Crippen molar-refractivity contribution in [2.75, 3.05) is 14.2 Å². The second kappa shape index (κ2) is 6.96. The van der Waals surface area contributed by atoms with E-state index in [0.29, 0.717) is 23.0 Å². The molecule has 0 saturated heterocycles. The van der Waals surface area contributed by atoms with Gasteiger partial charge in [-0.3, -0.25) is 0 Å². The lowest BCUT2D eigenvalue weighted by Gasteiger charge is -2.09. The number of ether oxygens (including phenoxy) is 3. The number of cyclic esters (lactones) is 1. The Morgan fingerprint density at radius 2 is 1.70 bits per heavy atom. The fraction of sp³-hybridized carbons (Fsp3) is 0.0909. The number of nitrogens with zero attached hydrogens (tertiary/aromatic N) is 1. The van der Waals surface area contributed by atoms with Gasteiger partial charge in [-0.25, -0.2) is 9.79 Å². The maximum Gasteiger partial charge on any atom is 0.363 e. The Kier molecular flexibility index (Phi) is 4.34. The van der Waals surface area contributed by atoms with Crippen molar-refractivity contribution in [3.05, 3.63) is 77.5 Å². The minimum absolute atomic E-state index is 0.212. The van der Waals surface area contributed by atoms with Crippen molar-refractivity contribution in [2.24, 2.45) is 4.99 Å². The average molecular weight is 359 g/mol. The fourth-order valence-electron chi connectivity index (χ4n) is 3.11. The topological polar surface area (TPSA) is 57.1 Å². The van der Waals surface area contributed by atoms with Crippen molar-refractivity contribution >= 4 is 28.7 Å². The molecule has 0 fully saturated rings. The number of para-hydroxylation sites is 1. The number of fused-ring (bicyclic) bond motifs is 1. The maximum atomic E-state index is 12.4. The number of aliphatic imine (C=N–C) groups is 1. The molecule has 134 valence electrons. The highest BCUT2D eigenvalue weighted by Gasteiger charge is 2.26. The van der Waals surface area contributed by atoms with E-state index in [1.54, 1.807) is 26.4 Å². The maximum absolute atomic E-state index is 12.4. The Balaban J connectivity index is 1.79. The van der Waals surface area contributed by atoms with Gasteiger partial charge in [-0.2, -0.15) is 0 Å². The van der Waals surface area contributed by atoms with Crippen LogP contribution >= 0.6 is 0 Å². The summed E-state index contributed by atoms with van der Waals surface area (Å²) in [4.78, 5) is 16.8. The summed E-state index contributed by atoms with van der Waals surface area (Å²) in [6.07, 6.45) is 1.64. The van der Waals surface area contributed by atoms with Crippen LogP contribution in [0.2, 0.25) is 0 Å². The molecule has 0 aliphatic carbocycles. The van der Waals surface area contributed by atoms with E-state index >= 15 is 0 Å². The van der Waals surface area contributed by atoms with Crippen molar-refractivity contribution in [3.8, 4) is 11.5 Å². The van der Waals surface area contributed by atoms with Crippen LogP contribution in [0.15, 0.2) is 71.4 Å². The lowest BCUT2D eigenvalue weighted by atomic mass is 10.0. The van der Waals surface area contributed by atoms with Crippen LogP contribution in [-0.2, 0) is 9.53 Å². The van der Waals surface area contributed by atoms with Crippen LogP contribution in [-0.4, -0.2) is 26.1 Å². The standard InChI is InChI=1S/C22H17NO4/c1-25-19-12-6-9-15(20(19)26-2)13-18-22(24)27-21(23-18)17-11-5-8-14-7-3-4-10-16(14)17/h3-13H,1-2H3/b18-13-. The molecule has 3 aromatic carbocycles. The highest BCUT2D eigenvalue weighted by Crippen LogP contribution is 2.33. The zero-order valence-corrected chi connectivity index (χ0v) is 14.9. The van der Waals surface area contributed by atoms with Gasteiger partial charge in [-0.05, 0) is 29.0 Å². The van der Waals surface area contributed by atoms with E-state index in [-0.39, 0.29) is 5.70 Å². The zero-order valence-electron chi connectivity index (χ0n) is 14.9. The number of rotatable bonds is 4. The van der Waals surface area contributed by atoms with Crippen molar-refractivity contribution < 1.29 is 19.0 Å². The molecule has 5 heteroatoms. The first-order chi connectivity index (χ1) is 13.2. The summed E-state index contributed by atoms with van der Waals surface area (Å²) in [5, 5.41) is 2.03. The first kappa shape index (κ1) is 16.8. The fourth-order valence-corrected chi connectivity index (χ4v) is 3.11. The summed E-state index contributed by atoms with van der Waals surface area (Å²) < 4.78 is 16.2. The summed E-state index contributed by atoms with van der Waals surface area (Å²) in [6, 6.07) is 19.2. The van der Waals surface area contributed by atoms with Crippen LogP contribution in [0.1, 0.15) is 11.1 Å². The van der Waals surface area contributed by atoms with Gasteiger partial charge in [0.1, 0.15) is 0 Å². The average Bonchev–Trinajstić information content (AvgIpc) is 3.07. The number of carbonyl (C=O) groups excluding carboxylic acids is 1. The molecule has 1 aliphatic rings. The quantitative estimate of drug-likeness (QED) is 0.517. The van der Waals surface area contributed by atoms with Crippen LogP contribution in [0.4, 0.5) is 0 Å². The lowest BCUT2D eigenvalue weighted by molar-refractivity contribution is -0.129. The summed E-state index contributed by atoms with van der Waals surface area (Å²) in [5.41, 5.74) is 1.68. The highest BCUT2D eigenvalue weighted by molar-refractivity contribution is 6.17. The monoisotopic (exact) mass is 359 g/mol. The van der Waals surface area contributed by atoms with E-state index in [1.165, 1.54) is 0 Å². The summed E-state index contributed by atoms with van der Waals surface area (Å²) in [5.74, 6) is 0.915. The molecule has 0 unspecified atom stereocenters. The van der Waals surface area contributed by atoms with Crippen LogP contribution in [0, 0.1) is 0 Å². The minimum Gasteiger partial charge on any atom is -0.493 e. The normalized spacial score (nSPS) is 15.0. The minimum atomic E-state index is -0.497. The van der Waals surface area contributed by atoms with Gasteiger partial charge in [0.2, 0.25) is 5.90 Å². The Bertz CT molecular complexity index is 1090. The number of esters is 1. The number of carbonyl (C=O) groups is 1. The largest absolute Gasteiger partial charge is 0.493 e. The van der Waals surface area contributed by atoms with E-state index in [2.05, 4.69) is 4.99 Å². The van der Waals surface area contributed by atoms with Crippen molar-refractivity contribution in [1.82, 2.24) is 0 Å². The van der Waals surface area contributed by atoms with Crippen molar-refractivity contribution in [2.45, 2.75) is 0 Å². The van der Waals surface area contributed by atoms with Crippen molar-refractivity contribution in [1.29, 1.82) is 0 Å². The van der Waals surface area contributed by atoms with Gasteiger partial charge in [-0.15, -0.1) is 0 Å². The third kappa shape index (κ3) is 3.04. The highest BCUT2D eigenvalue weighted by atomic mass is 16.6. The predicted molar refractivity (Wildman–Crippen MR) is 104 cm³/mol. The van der Waals surface area contributed by atoms with Crippen LogP contribution in [0.5, 0.6) is 11.5 Å². The summed E-state index contributed by atoms with van der Waals surface area (Å²) >= 11 is 0. The number of methoxy groups -OCH3 is 2. The molecule has 27 heavy (non-hydrogen) atoms. The molecule has 0 bridgehead atoms. The molecule has 0 saturated carbocycles. The number of benzene rings is 3. The molecule has 0 amide bonds. The predicted octanol–water partition coefficient (Wildman–Crippen LogP) is 4.20. The first-order valence-corrected chi connectivity index (χ1v) is 8.43. The third-order valence-corrected chi connectivity index (χ3v) is 4.37. The van der Waals surface area contributed by atoms with E-state index < -0.39 is 5.97 Å². The second-order valence-electron chi connectivity index (χ2n) is 5.95. The van der Waals surface area contributed by atoms with Gasteiger partial charge >= 0.3 is 5.97 Å². The van der Waals surface area contributed by atoms with Gasteiger partial charge < -0.3 is 14.2 Å². The van der Waals surface area contributed by atoms with Gasteiger partial charge in [0.15, 0.2) is 17.2 Å². The van der Waals surface area contributed by atoms with Crippen LogP contribution in [0.3, 0.4) is 0 Å². The third-order valence-electron chi connectivity index (χ3n) is 4.37. The molecule has 3 aromatic rings.